The molecule has 2 N–H and O–H groups in total. The van der Waals surface area contributed by atoms with Crippen LogP contribution in [0.1, 0.15) is 55.3 Å². The lowest BCUT2D eigenvalue weighted by atomic mass is 9.96. The smallest absolute Gasteiger partial charge is 0.256 e. The van der Waals surface area contributed by atoms with E-state index in [-0.39, 0.29) is 22.9 Å². The van der Waals surface area contributed by atoms with Crippen molar-refractivity contribution in [3.63, 3.8) is 0 Å². The first-order valence-electron chi connectivity index (χ1n) is 6.75. The molecule has 1 fully saturated rings. The first-order chi connectivity index (χ1) is 8.77. The molecule has 0 saturated heterocycles. The van der Waals surface area contributed by atoms with Crippen molar-refractivity contribution in [3.8, 4) is 0 Å². The molecular weight excluding hydrogens is 228 g/mol. The Labute approximate surface area is 107 Å². The molecule has 18 heavy (non-hydrogen) atoms. The first-order valence-corrected chi connectivity index (χ1v) is 6.75. The molecule has 1 saturated carbocycles. The number of amides is 1. The quantitative estimate of drug-likeness (QED) is 0.843. The Balaban J connectivity index is 1.97. The second-order valence-corrected chi connectivity index (χ2v) is 4.94. The van der Waals surface area contributed by atoms with Gasteiger partial charge >= 0.3 is 0 Å². The maximum atomic E-state index is 12.0. The van der Waals surface area contributed by atoms with Crippen LogP contribution in [0.2, 0.25) is 0 Å². The number of nitrogens with one attached hydrogen (secondary N) is 2. The van der Waals surface area contributed by atoms with Crippen molar-refractivity contribution < 1.29 is 4.79 Å². The number of aromatic amines is 1. The van der Waals surface area contributed by atoms with E-state index in [2.05, 4.69) is 10.3 Å². The van der Waals surface area contributed by atoms with Gasteiger partial charge in [0.2, 0.25) is 0 Å². The minimum absolute atomic E-state index is 0.208. The van der Waals surface area contributed by atoms with E-state index in [0.29, 0.717) is 0 Å². The summed E-state index contributed by atoms with van der Waals surface area (Å²) in [6.07, 6.45) is 11.2. The highest BCUT2D eigenvalue weighted by Crippen LogP contribution is 2.17. The van der Waals surface area contributed by atoms with E-state index < -0.39 is 0 Å². The molecule has 1 heterocycles. The molecule has 98 valence electrons. The lowest BCUT2D eigenvalue weighted by Gasteiger charge is -2.20. The molecule has 4 heteroatoms. The van der Waals surface area contributed by atoms with Crippen molar-refractivity contribution in [1.29, 1.82) is 0 Å². The van der Waals surface area contributed by atoms with Crippen LogP contribution >= 0.6 is 0 Å². The zero-order valence-electron chi connectivity index (χ0n) is 10.6. The van der Waals surface area contributed by atoms with Gasteiger partial charge in [0.05, 0.1) is 0 Å². The summed E-state index contributed by atoms with van der Waals surface area (Å²) in [6.45, 7) is 0. The van der Waals surface area contributed by atoms with Gasteiger partial charge in [-0.2, -0.15) is 0 Å². The number of carbonyl (C=O) groups excluding carboxylic acids is 1. The van der Waals surface area contributed by atoms with Crippen LogP contribution in [0.4, 0.5) is 0 Å². The topological polar surface area (TPSA) is 62.0 Å². The summed E-state index contributed by atoms with van der Waals surface area (Å²) >= 11 is 0. The number of carbonyl (C=O) groups is 1. The molecule has 0 spiro atoms. The van der Waals surface area contributed by atoms with Gasteiger partial charge in [-0.25, -0.2) is 0 Å². The fraction of sp³-hybridized carbons (Fsp3) is 0.571. The molecule has 0 aliphatic heterocycles. The van der Waals surface area contributed by atoms with Crippen LogP contribution in [0.25, 0.3) is 0 Å². The molecule has 0 bridgehead atoms. The third-order valence-electron chi connectivity index (χ3n) is 3.51. The minimum atomic E-state index is -0.248. The van der Waals surface area contributed by atoms with Gasteiger partial charge in [-0.05, 0) is 12.8 Å². The van der Waals surface area contributed by atoms with Crippen LogP contribution in [-0.2, 0) is 0 Å². The predicted octanol–water partition coefficient (Wildman–Crippen LogP) is 2.22. The number of hydrogen-bond donors (Lipinski definition) is 2. The molecule has 0 radical (unpaired) electrons. The molecule has 1 aromatic heterocycles. The molecule has 2 rings (SSSR count). The number of pyridine rings is 1. The van der Waals surface area contributed by atoms with Gasteiger partial charge in [0.1, 0.15) is 5.56 Å². The van der Waals surface area contributed by atoms with E-state index in [1.807, 2.05) is 0 Å². The second-order valence-electron chi connectivity index (χ2n) is 4.94. The Kier molecular flexibility index (Phi) is 4.56. The Bertz CT molecular complexity index is 445. The van der Waals surface area contributed by atoms with Crippen LogP contribution in [0.3, 0.4) is 0 Å². The van der Waals surface area contributed by atoms with Crippen LogP contribution in [0, 0.1) is 0 Å². The van der Waals surface area contributed by atoms with Crippen molar-refractivity contribution in [1.82, 2.24) is 10.3 Å². The summed E-state index contributed by atoms with van der Waals surface area (Å²) in [5.41, 5.74) is -0.0170. The van der Waals surface area contributed by atoms with Crippen molar-refractivity contribution in [2.24, 2.45) is 0 Å². The fourth-order valence-electron chi connectivity index (χ4n) is 2.46. The Morgan fingerprint density at radius 1 is 1.17 bits per heavy atom. The van der Waals surface area contributed by atoms with Gasteiger partial charge < -0.3 is 10.3 Å². The van der Waals surface area contributed by atoms with E-state index >= 15 is 0 Å². The summed E-state index contributed by atoms with van der Waals surface area (Å²) in [6, 6.07) is 1.60. The van der Waals surface area contributed by atoms with Gasteiger partial charge in [-0.15, -0.1) is 0 Å². The summed E-state index contributed by atoms with van der Waals surface area (Å²) in [7, 11) is 0. The number of aromatic nitrogens is 1. The summed E-state index contributed by atoms with van der Waals surface area (Å²) in [5.74, 6) is -0.248. The monoisotopic (exact) mass is 248 g/mol. The Morgan fingerprint density at radius 3 is 2.50 bits per heavy atom. The zero-order valence-corrected chi connectivity index (χ0v) is 10.6. The highest BCUT2D eigenvalue weighted by atomic mass is 16.2. The second kappa shape index (κ2) is 6.38. The maximum Gasteiger partial charge on any atom is 0.256 e. The highest BCUT2D eigenvalue weighted by molar-refractivity contribution is 5.93. The molecule has 1 amide bonds. The highest BCUT2D eigenvalue weighted by Gasteiger charge is 2.16. The lowest BCUT2D eigenvalue weighted by Crippen LogP contribution is -2.37. The third kappa shape index (κ3) is 3.45. The Hall–Kier alpha value is -1.58. The normalized spacial score (nSPS) is 17.8. The molecule has 4 nitrogen and oxygen atoms in total. The van der Waals surface area contributed by atoms with E-state index in [4.69, 9.17) is 0 Å². The molecule has 0 atom stereocenters. The number of hydrogen-bond acceptors (Lipinski definition) is 2. The zero-order chi connectivity index (χ0) is 12.8. The fourth-order valence-corrected chi connectivity index (χ4v) is 2.46. The van der Waals surface area contributed by atoms with Gasteiger partial charge in [0.15, 0.2) is 5.43 Å². The summed E-state index contributed by atoms with van der Waals surface area (Å²) in [5, 5.41) is 2.98. The standard InChI is InChI=1S/C14H20N2O2/c17-13-8-9-15-10-12(13)14(18)16-11-6-4-2-1-3-5-7-11/h8-11H,1-7H2,(H,15,17)(H,16,18). The van der Waals surface area contributed by atoms with E-state index in [1.54, 1.807) is 0 Å². The van der Waals surface area contributed by atoms with Crippen LogP contribution in [0.15, 0.2) is 23.3 Å². The average molecular weight is 248 g/mol. The van der Waals surface area contributed by atoms with Crippen LogP contribution < -0.4 is 10.7 Å². The van der Waals surface area contributed by atoms with Crippen molar-refractivity contribution >= 4 is 5.91 Å². The molecular formula is C14H20N2O2. The summed E-state index contributed by atoms with van der Waals surface area (Å²) in [4.78, 5) is 26.3. The molecule has 1 aromatic rings. The van der Waals surface area contributed by atoms with Crippen molar-refractivity contribution in [2.75, 3.05) is 0 Å². The van der Waals surface area contributed by atoms with Crippen molar-refractivity contribution in [2.45, 2.75) is 51.0 Å². The Morgan fingerprint density at radius 2 is 1.83 bits per heavy atom. The third-order valence-corrected chi connectivity index (χ3v) is 3.51. The van der Waals surface area contributed by atoms with Crippen molar-refractivity contribution in [3.05, 3.63) is 34.2 Å². The van der Waals surface area contributed by atoms with Crippen LogP contribution in [-0.4, -0.2) is 16.9 Å². The predicted molar refractivity (Wildman–Crippen MR) is 70.6 cm³/mol. The molecule has 1 aliphatic carbocycles. The number of rotatable bonds is 2. The maximum absolute atomic E-state index is 12.0. The van der Waals surface area contributed by atoms with E-state index in [0.717, 1.165) is 25.7 Å². The average Bonchev–Trinajstić information content (AvgIpc) is 2.33. The molecule has 0 unspecified atom stereocenters. The van der Waals surface area contributed by atoms with Gasteiger partial charge in [0, 0.05) is 24.5 Å². The van der Waals surface area contributed by atoms with Gasteiger partial charge in [-0.1, -0.05) is 32.1 Å². The lowest BCUT2D eigenvalue weighted by molar-refractivity contribution is 0.0929. The minimum Gasteiger partial charge on any atom is -0.367 e. The van der Waals surface area contributed by atoms with Gasteiger partial charge in [0.25, 0.3) is 5.91 Å². The number of H-pyrrole nitrogens is 1. The van der Waals surface area contributed by atoms with E-state index in [9.17, 15) is 9.59 Å². The largest absolute Gasteiger partial charge is 0.367 e. The SMILES string of the molecule is O=C(NC1CCCCCCC1)c1c[nH]ccc1=O. The van der Waals surface area contributed by atoms with Crippen LogP contribution in [0.5, 0.6) is 0 Å². The first kappa shape index (κ1) is 12.9. The summed E-state index contributed by atoms with van der Waals surface area (Å²) < 4.78 is 0. The molecule has 1 aliphatic rings. The molecule has 0 aromatic carbocycles. The van der Waals surface area contributed by atoms with Gasteiger partial charge in [-0.3, -0.25) is 9.59 Å². The van der Waals surface area contributed by atoms with E-state index in [1.165, 1.54) is 37.7 Å².